The highest BCUT2D eigenvalue weighted by Crippen LogP contribution is 2.11. The number of rotatable bonds is 2. The van der Waals surface area contributed by atoms with Crippen molar-refractivity contribution in [3.63, 3.8) is 0 Å². The van der Waals surface area contributed by atoms with Crippen LogP contribution in [0, 0.1) is 0 Å². The number of carbonyl (C=O) groups is 1. The van der Waals surface area contributed by atoms with Crippen molar-refractivity contribution in [3.05, 3.63) is 42.7 Å². The first kappa shape index (κ1) is 12.0. The topological polar surface area (TPSA) is 66.0 Å². The minimum absolute atomic E-state index is 0.222. The summed E-state index contributed by atoms with van der Waals surface area (Å²) in [6.07, 6.45) is 3.80. The highest BCUT2D eigenvalue weighted by Gasteiger charge is 1.94. The van der Waals surface area contributed by atoms with Crippen LogP contribution in [-0.4, -0.2) is 21.0 Å². The van der Waals surface area contributed by atoms with Crippen LogP contribution < -0.4 is 0 Å². The number of H-pyrrole nitrogens is 1. The molecule has 4 nitrogen and oxygen atoms in total. The van der Waals surface area contributed by atoms with Gasteiger partial charge in [-0.1, -0.05) is 37.3 Å². The summed E-state index contributed by atoms with van der Waals surface area (Å²) in [5.74, 6) is 0.176. The molecule has 0 amide bonds. The summed E-state index contributed by atoms with van der Waals surface area (Å²) >= 11 is 0. The fourth-order valence-electron chi connectivity index (χ4n) is 1.02. The van der Waals surface area contributed by atoms with E-state index in [1.165, 1.54) is 0 Å². The van der Waals surface area contributed by atoms with E-state index >= 15 is 0 Å². The number of nitrogens with one attached hydrogen (secondary N) is 1. The Hall–Kier alpha value is -2.10. The highest BCUT2D eigenvalue weighted by molar-refractivity contribution is 5.66. The average molecular weight is 218 g/mol. The van der Waals surface area contributed by atoms with E-state index in [4.69, 9.17) is 5.11 Å². The zero-order chi connectivity index (χ0) is 11.8. The maximum Gasteiger partial charge on any atom is 0.303 e. The first-order valence-electron chi connectivity index (χ1n) is 5.00. The molecule has 0 aliphatic heterocycles. The lowest BCUT2D eigenvalue weighted by atomic mass is 10.2. The second-order valence-electron chi connectivity index (χ2n) is 3.05. The number of hydrogen-bond acceptors (Lipinski definition) is 2. The van der Waals surface area contributed by atoms with Gasteiger partial charge in [-0.25, -0.2) is 4.98 Å². The number of aromatic nitrogens is 2. The minimum atomic E-state index is -0.745. The van der Waals surface area contributed by atoms with Gasteiger partial charge in [0.25, 0.3) is 0 Å². The molecular formula is C12H14N2O2. The first-order chi connectivity index (χ1) is 7.74. The quantitative estimate of drug-likeness (QED) is 0.814. The molecule has 2 aromatic rings. The van der Waals surface area contributed by atoms with Gasteiger partial charge in [-0.3, -0.25) is 4.79 Å². The van der Waals surface area contributed by atoms with E-state index in [9.17, 15) is 4.79 Å². The van der Waals surface area contributed by atoms with Gasteiger partial charge in [-0.2, -0.15) is 0 Å². The Morgan fingerprint density at radius 1 is 1.38 bits per heavy atom. The fourth-order valence-corrected chi connectivity index (χ4v) is 1.02. The predicted molar refractivity (Wildman–Crippen MR) is 62.0 cm³/mol. The first-order valence-corrected chi connectivity index (χ1v) is 5.00. The number of aliphatic carboxylic acids is 1. The summed E-state index contributed by atoms with van der Waals surface area (Å²) in [6.45, 7) is 1.60. The Bertz CT molecular complexity index is 410. The number of carboxylic acid groups (broad SMARTS) is 1. The number of nitrogens with zero attached hydrogens (tertiary/aromatic N) is 1. The molecule has 0 spiro atoms. The van der Waals surface area contributed by atoms with Gasteiger partial charge in [0.05, 0.1) is 0 Å². The molecule has 0 radical (unpaired) electrons. The largest absolute Gasteiger partial charge is 0.481 e. The van der Waals surface area contributed by atoms with E-state index in [1.807, 2.05) is 36.5 Å². The van der Waals surface area contributed by atoms with Crippen LogP contribution >= 0.6 is 0 Å². The monoisotopic (exact) mass is 218 g/mol. The van der Waals surface area contributed by atoms with Crippen molar-refractivity contribution in [3.8, 4) is 11.4 Å². The van der Waals surface area contributed by atoms with E-state index in [0.717, 1.165) is 11.4 Å². The maximum absolute atomic E-state index is 9.37. The van der Waals surface area contributed by atoms with Gasteiger partial charge in [0.15, 0.2) is 0 Å². The zero-order valence-corrected chi connectivity index (χ0v) is 9.05. The molecule has 0 saturated heterocycles. The Morgan fingerprint density at radius 2 is 2.00 bits per heavy atom. The van der Waals surface area contributed by atoms with E-state index in [0.29, 0.717) is 0 Å². The lowest BCUT2D eigenvalue weighted by Gasteiger charge is -1.92. The molecule has 4 heteroatoms. The summed E-state index contributed by atoms with van der Waals surface area (Å²) in [5, 5.41) is 7.72. The molecule has 84 valence electrons. The van der Waals surface area contributed by atoms with Gasteiger partial charge in [-0.15, -0.1) is 0 Å². The van der Waals surface area contributed by atoms with Gasteiger partial charge in [-0.05, 0) is 0 Å². The van der Waals surface area contributed by atoms with Crippen molar-refractivity contribution in [2.24, 2.45) is 0 Å². The van der Waals surface area contributed by atoms with Crippen LogP contribution in [0.15, 0.2) is 42.7 Å². The van der Waals surface area contributed by atoms with Crippen molar-refractivity contribution in [2.75, 3.05) is 0 Å². The van der Waals surface area contributed by atoms with Crippen molar-refractivity contribution in [2.45, 2.75) is 13.3 Å². The fraction of sp³-hybridized carbons (Fsp3) is 0.167. The molecule has 0 unspecified atom stereocenters. The Balaban J connectivity index is 0.000000221. The molecule has 0 fully saturated rings. The minimum Gasteiger partial charge on any atom is -0.481 e. The van der Waals surface area contributed by atoms with Crippen LogP contribution in [-0.2, 0) is 4.79 Å². The summed E-state index contributed by atoms with van der Waals surface area (Å²) in [7, 11) is 0. The average Bonchev–Trinajstić information content (AvgIpc) is 2.84. The van der Waals surface area contributed by atoms with Crippen LogP contribution in [0.5, 0.6) is 0 Å². The van der Waals surface area contributed by atoms with Crippen molar-refractivity contribution in [1.29, 1.82) is 0 Å². The molecule has 0 atom stereocenters. The van der Waals surface area contributed by atoms with Crippen molar-refractivity contribution < 1.29 is 9.90 Å². The summed E-state index contributed by atoms with van der Waals surface area (Å²) < 4.78 is 0. The summed E-state index contributed by atoms with van der Waals surface area (Å²) in [6, 6.07) is 10.0. The molecule has 2 N–H and O–H groups in total. The second kappa shape index (κ2) is 6.40. The number of carboxylic acids is 1. The SMILES string of the molecule is CCC(=O)O.c1ccc(-c2ncc[nH]2)cc1. The van der Waals surface area contributed by atoms with Crippen LogP contribution in [0.2, 0.25) is 0 Å². The molecule has 1 aromatic carbocycles. The smallest absolute Gasteiger partial charge is 0.303 e. The number of imidazole rings is 1. The molecule has 16 heavy (non-hydrogen) atoms. The number of benzene rings is 1. The molecule has 1 heterocycles. The van der Waals surface area contributed by atoms with Crippen LogP contribution in [0.25, 0.3) is 11.4 Å². The third-order valence-corrected chi connectivity index (χ3v) is 1.85. The highest BCUT2D eigenvalue weighted by atomic mass is 16.4. The predicted octanol–water partition coefficient (Wildman–Crippen LogP) is 2.56. The molecular weight excluding hydrogens is 204 g/mol. The van der Waals surface area contributed by atoms with Gasteiger partial charge in [0.1, 0.15) is 5.82 Å². The number of hydrogen-bond donors (Lipinski definition) is 2. The molecule has 0 aliphatic carbocycles. The third kappa shape index (κ3) is 3.96. The van der Waals surface area contributed by atoms with Gasteiger partial charge in [0.2, 0.25) is 0 Å². The summed E-state index contributed by atoms with van der Waals surface area (Å²) in [5.41, 5.74) is 1.12. The molecule has 2 rings (SSSR count). The van der Waals surface area contributed by atoms with E-state index < -0.39 is 5.97 Å². The Kier molecular flexibility index (Phi) is 4.79. The summed E-state index contributed by atoms with van der Waals surface area (Å²) in [4.78, 5) is 16.5. The molecule has 0 aliphatic rings. The maximum atomic E-state index is 9.37. The van der Waals surface area contributed by atoms with E-state index in [1.54, 1.807) is 13.1 Å². The number of aromatic amines is 1. The van der Waals surface area contributed by atoms with E-state index in [-0.39, 0.29) is 6.42 Å². The lowest BCUT2D eigenvalue weighted by molar-refractivity contribution is -0.136. The van der Waals surface area contributed by atoms with E-state index in [2.05, 4.69) is 9.97 Å². The molecule has 1 aromatic heterocycles. The van der Waals surface area contributed by atoms with Crippen molar-refractivity contribution in [1.82, 2.24) is 9.97 Å². The van der Waals surface area contributed by atoms with Crippen LogP contribution in [0.1, 0.15) is 13.3 Å². The van der Waals surface area contributed by atoms with Gasteiger partial charge < -0.3 is 10.1 Å². The van der Waals surface area contributed by atoms with Crippen LogP contribution in [0.3, 0.4) is 0 Å². The van der Waals surface area contributed by atoms with Crippen LogP contribution in [0.4, 0.5) is 0 Å². The molecule has 0 bridgehead atoms. The normalized spacial score (nSPS) is 9.06. The third-order valence-electron chi connectivity index (χ3n) is 1.85. The molecule has 0 saturated carbocycles. The standard InChI is InChI=1S/C9H8N2.C3H6O2/c1-2-4-8(5-3-1)9-10-6-7-11-9;1-2-3(4)5/h1-7H,(H,10,11);2H2,1H3,(H,4,5). The second-order valence-corrected chi connectivity index (χ2v) is 3.05. The van der Waals surface area contributed by atoms with Gasteiger partial charge >= 0.3 is 5.97 Å². The lowest BCUT2D eigenvalue weighted by Crippen LogP contribution is -1.86. The van der Waals surface area contributed by atoms with Crippen molar-refractivity contribution >= 4 is 5.97 Å². The zero-order valence-electron chi connectivity index (χ0n) is 9.05. The van der Waals surface area contributed by atoms with Gasteiger partial charge in [0, 0.05) is 24.4 Å². The Morgan fingerprint density at radius 3 is 2.44 bits per heavy atom. The Labute approximate surface area is 94.0 Å².